The smallest absolute Gasteiger partial charge is 0.119 e. The number of rotatable bonds is 2. The van der Waals surface area contributed by atoms with Crippen molar-refractivity contribution < 1.29 is 5.11 Å². The average Bonchev–Trinajstić information content (AvgIpc) is 3.02. The van der Waals surface area contributed by atoms with E-state index < -0.39 is 0 Å². The van der Waals surface area contributed by atoms with Crippen LogP contribution >= 0.6 is 0 Å². The zero-order chi connectivity index (χ0) is 11.3. The molecule has 83 valence electrons. The minimum absolute atomic E-state index is 0.400. The predicted molar refractivity (Wildman–Crippen MR) is 64.9 cm³/mol. The van der Waals surface area contributed by atoms with Crippen molar-refractivity contribution in [3.8, 4) is 5.75 Å². The number of aromatic hydroxyl groups is 1. The maximum atomic E-state index is 9.28. The van der Waals surface area contributed by atoms with Crippen molar-refractivity contribution in [2.75, 3.05) is 0 Å². The third-order valence-electron chi connectivity index (χ3n) is 2.66. The highest BCUT2D eigenvalue weighted by atomic mass is 16.3. The highest BCUT2D eigenvalue weighted by Crippen LogP contribution is 2.31. The van der Waals surface area contributed by atoms with Crippen LogP contribution < -0.4 is 0 Å². The van der Waals surface area contributed by atoms with Crippen LogP contribution in [-0.2, 0) is 0 Å². The second-order valence-corrected chi connectivity index (χ2v) is 4.45. The van der Waals surface area contributed by atoms with E-state index in [9.17, 15) is 5.11 Å². The number of hydrogen-bond acceptors (Lipinski definition) is 1. The van der Waals surface area contributed by atoms with Crippen LogP contribution in [0.15, 0.2) is 24.3 Å². The predicted octanol–water partition coefficient (Wildman–Crippen LogP) is 4.14. The Kier molecular flexibility index (Phi) is 4.67. The Hall–Kier alpha value is -0.980. The molecule has 0 aliphatic heterocycles. The van der Waals surface area contributed by atoms with Crippen molar-refractivity contribution in [3.63, 3.8) is 0 Å². The van der Waals surface area contributed by atoms with E-state index in [-0.39, 0.29) is 0 Å². The standard InChI is InChI=1S/C9H12O.C5H9/c1-7(2)8-5-3-4-6-9(8)10;1-2-5-3-4-5/h3-7,10H,1-2H3;5H,1-4H2. The van der Waals surface area contributed by atoms with E-state index in [0.29, 0.717) is 11.7 Å². The Bertz CT molecular complexity index is 287. The Morgan fingerprint density at radius 3 is 2.20 bits per heavy atom. The van der Waals surface area contributed by atoms with E-state index in [4.69, 9.17) is 0 Å². The van der Waals surface area contributed by atoms with E-state index in [0.717, 1.165) is 11.5 Å². The van der Waals surface area contributed by atoms with Gasteiger partial charge in [0.2, 0.25) is 0 Å². The molecule has 1 N–H and O–H groups in total. The van der Waals surface area contributed by atoms with Gasteiger partial charge in [-0.15, -0.1) is 0 Å². The maximum absolute atomic E-state index is 9.28. The Labute approximate surface area is 93.1 Å². The fourth-order valence-electron chi connectivity index (χ4n) is 1.38. The van der Waals surface area contributed by atoms with Gasteiger partial charge < -0.3 is 5.11 Å². The molecule has 0 bridgehead atoms. The molecule has 1 aliphatic rings. The van der Waals surface area contributed by atoms with Crippen molar-refractivity contribution in [2.45, 2.75) is 39.0 Å². The average molecular weight is 205 g/mol. The first-order valence-corrected chi connectivity index (χ1v) is 5.72. The lowest BCUT2D eigenvalue weighted by molar-refractivity contribution is 0.465. The number of para-hydroxylation sites is 1. The summed E-state index contributed by atoms with van der Waals surface area (Å²) in [6.07, 6.45) is 4.06. The summed E-state index contributed by atoms with van der Waals surface area (Å²) in [5.74, 6) is 1.83. The minimum atomic E-state index is 0.400. The van der Waals surface area contributed by atoms with Gasteiger partial charge in [-0.05, 0) is 23.5 Å². The van der Waals surface area contributed by atoms with Gasteiger partial charge in [0.15, 0.2) is 0 Å². The zero-order valence-electron chi connectivity index (χ0n) is 9.74. The van der Waals surface area contributed by atoms with Crippen LogP contribution in [0, 0.1) is 12.8 Å². The monoisotopic (exact) mass is 205 g/mol. The van der Waals surface area contributed by atoms with Gasteiger partial charge in [-0.25, -0.2) is 0 Å². The summed E-state index contributed by atoms with van der Waals surface area (Å²) in [5.41, 5.74) is 1.02. The fraction of sp³-hybridized carbons (Fsp3) is 0.500. The van der Waals surface area contributed by atoms with Gasteiger partial charge in [0.1, 0.15) is 5.75 Å². The van der Waals surface area contributed by atoms with Crippen LogP contribution in [0.25, 0.3) is 0 Å². The molecule has 0 saturated heterocycles. The lowest BCUT2D eigenvalue weighted by atomic mass is 10.0. The van der Waals surface area contributed by atoms with Crippen molar-refractivity contribution in [1.82, 2.24) is 0 Å². The number of phenols is 1. The molecule has 1 fully saturated rings. The summed E-state index contributed by atoms with van der Waals surface area (Å²) in [7, 11) is 0. The lowest BCUT2D eigenvalue weighted by Gasteiger charge is -2.05. The SMILES string of the molecule is CC(C)c1ccccc1O.[CH2]CC1CC1. The van der Waals surface area contributed by atoms with Crippen LogP contribution in [0.1, 0.15) is 44.6 Å². The van der Waals surface area contributed by atoms with Gasteiger partial charge in [0.05, 0.1) is 0 Å². The number of hydrogen-bond donors (Lipinski definition) is 1. The molecule has 1 aromatic rings. The topological polar surface area (TPSA) is 20.2 Å². The molecule has 1 nitrogen and oxygen atoms in total. The summed E-state index contributed by atoms with van der Waals surface area (Å²) >= 11 is 0. The van der Waals surface area contributed by atoms with E-state index in [2.05, 4.69) is 20.8 Å². The highest BCUT2D eigenvalue weighted by molar-refractivity contribution is 5.33. The first-order valence-electron chi connectivity index (χ1n) is 5.72. The molecule has 0 aromatic heterocycles. The van der Waals surface area contributed by atoms with E-state index >= 15 is 0 Å². The zero-order valence-corrected chi connectivity index (χ0v) is 9.74. The van der Waals surface area contributed by atoms with Crippen molar-refractivity contribution in [3.05, 3.63) is 36.8 Å². The summed E-state index contributed by atoms with van der Waals surface area (Å²) in [4.78, 5) is 0. The molecular formula is C14H21O. The summed E-state index contributed by atoms with van der Waals surface area (Å²) in [6.45, 7) is 7.88. The fourth-order valence-corrected chi connectivity index (χ4v) is 1.38. The molecule has 2 rings (SSSR count). The molecule has 0 atom stereocenters. The summed E-state index contributed by atoms with van der Waals surface area (Å²) in [5, 5.41) is 9.28. The quantitative estimate of drug-likeness (QED) is 0.769. The third kappa shape index (κ3) is 4.37. The Morgan fingerprint density at radius 2 is 1.93 bits per heavy atom. The van der Waals surface area contributed by atoms with Crippen LogP contribution in [0.5, 0.6) is 5.75 Å². The van der Waals surface area contributed by atoms with Crippen LogP contribution in [0.3, 0.4) is 0 Å². The molecule has 0 heterocycles. The molecule has 15 heavy (non-hydrogen) atoms. The van der Waals surface area contributed by atoms with Crippen LogP contribution in [0.4, 0.5) is 0 Å². The molecule has 1 aromatic carbocycles. The molecule has 1 radical (unpaired) electrons. The molecule has 1 saturated carbocycles. The van der Waals surface area contributed by atoms with Gasteiger partial charge in [-0.2, -0.15) is 0 Å². The third-order valence-corrected chi connectivity index (χ3v) is 2.66. The lowest BCUT2D eigenvalue weighted by Crippen LogP contribution is -1.85. The van der Waals surface area contributed by atoms with Gasteiger partial charge in [-0.3, -0.25) is 0 Å². The number of phenolic OH excluding ortho intramolecular Hbond substituents is 1. The first kappa shape index (κ1) is 12.1. The van der Waals surface area contributed by atoms with E-state index in [1.807, 2.05) is 18.2 Å². The normalized spacial score (nSPS) is 14.7. The molecule has 0 unspecified atom stereocenters. The van der Waals surface area contributed by atoms with Gasteiger partial charge in [0, 0.05) is 0 Å². The van der Waals surface area contributed by atoms with Crippen LogP contribution in [0.2, 0.25) is 0 Å². The van der Waals surface area contributed by atoms with E-state index in [1.54, 1.807) is 6.07 Å². The molecule has 0 amide bonds. The molecule has 1 heteroatoms. The van der Waals surface area contributed by atoms with Gasteiger partial charge in [-0.1, -0.05) is 58.2 Å². The minimum Gasteiger partial charge on any atom is -0.508 e. The first-order chi connectivity index (χ1) is 7.15. The van der Waals surface area contributed by atoms with Crippen LogP contribution in [-0.4, -0.2) is 5.11 Å². The highest BCUT2D eigenvalue weighted by Gasteiger charge is 2.17. The van der Waals surface area contributed by atoms with Crippen molar-refractivity contribution in [1.29, 1.82) is 0 Å². The van der Waals surface area contributed by atoms with Gasteiger partial charge in [0.25, 0.3) is 0 Å². The molecular weight excluding hydrogens is 184 g/mol. The van der Waals surface area contributed by atoms with Gasteiger partial charge >= 0.3 is 0 Å². The largest absolute Gasteiger partial charge is 0.508 e. The summed E-state index contributed by atoms with van der Waals surface area (Å²) < 4.78 is 0. The maximum Gasteiger partial charge on any atom is 0.119 e. The Morgan fingerprint density at radius 1 is 1.33 bits per heavy atom. The van der Waals surface area contributed by atoms with Crippen molar-refractivity contribution >= 4 is 0 Å². The second kappa shape index (κ2) is 5.79. The molecule has 1 aliphatic carbocycles. The van der Waals surface area contributed by atoms with E-state index in [1.165, 1.54) is 19.3 Å². The molecule has 0 spiro atoms. The second-order valence-electron chi connectivity index (χ2n) is 4.45. The van der Waals surface area contributed by atoms with Crippen molar-refractivity contribution in [2.24, 2.45) is 5.92 Å². The summed E-state index contributed by atoms with van der Waals surface area (Å²) in [6, 6.07) is 7.44. The number of benzene rings is 1. The Balaban J connectivity index is 0.000000187.